The Morgan fingerprint density at radius 3 is 1.39 bits per heavy atom. The third kappa shape index (κ3) is 5.51. The van der Waals surface area contributed by atoms with Crippen LogP contribution in [0.25, 0.3) is 88.2 Å². The van der Waals surface area contributed by atoms with E-state index in [9.17, 15) is 0 Å². The lowest BCUT2D eigenvalue weighted by atomic mass is 9.67. The van der Waals surface area contributed by atoms with Crippen LogP contribution in [0.4, 0.5) is 0 Å². The van der Waals surface area contributed by atoms with Crippen LogP contribution in [-0.2, 0) is 5.41 Å². The second kappa shape index (κ2) is 14.2. The topological polar surface area (TPSA) is 12.9 Å². The van der Waals surface area contributed by atoms with E-state index >= 15 is 0 Å². The molecule has 284 valence electrons. The van der Waals surface area contributed by atoms with E-state index in [0.717, 1.165) is 28.1 Å². The largest absolute Gasteiger partial charge is 0.248 e. The van der Waals surface area contributed by atoms with Crippen molar-refractivity contribution < 1.29 is 0 Å². The van der Waals surface area contributed by atoms with E-state index in [-0.39, 0.29) is 0 Å². The normalized spacial score (nSPS) is 12.7. The zero-order valence-corrected chi connectivity index (χ0v) is 33.5. The average molecular weight is 774 g/mol. The number of hydrogen-bond acceptors (Lipinski definition) is 1. The van der Waals surface area contributed by atoms with Crippen molar-refractivity contribution in [2.45, 2.75) is 5.41 Å². The van der Waals surface area contributed by atoms with Gasteiger partial charge in [-0.3, -0.25) is 0 Å². The molecule has 0 spiro atoms. The lowest BCUT2D eigenvalue weighted by Crippen LogP contribution is -2.28. The summed E-state index contributed by atoms with van der Waals surface area (Å²) in [6.45, 7) is 0. The van der Waals surface area contributed by atoms with Gasteiger partial charge in [-0.15, -0.1) is 0 Å². The van der Waals surface area contributed by atoms with E-state index in [0.29, 0.717) is 0 Å². The first-order valence-corrected chi connectivity index (χ1v) is 21.1. The maximum absolute atomic E-state index is 5.22. The van der Waals surface area contributed by atoms with E-state index in [4.69, 9.17) is 4.98 Å². The van der Waals surface area contributed by atoms with Gasteiger partial charge < -0.3 is 0 Å². The summed E-state index contributed by atoms with van der Waals surface area (Å²) in [6, 6.07) is 86.6. The van der Waals surface area contributed by atoms with Gasteiger partial charge in [0.1, 0.15) is 0 Å². The van der Waals surface area contributed by atoms with E-state index in [1.54, 1.807) is 0 Å². The first-order chi connectivity index (χ1) is 30.3. The number of hydrogen-bond donors (Lipinski definition) is 0. The molecule has 0 saturated carbocycles. The average Bonchev–Trinajstić information content (AvgIpc) is 3.65. The minimum atomic E-state index is -0.421. The Labute approximate surface area is 355 Å². The standard InChI is InChI=1S/C60H39N/c1-5-18-40(19-6-1)57-38-44(39-58(61-57)41-20-7-2-8-21-41)47-29-17-30-51-48-26-13-14-27-49(48)53-36-42(32-34-52(53)59(47)51)43-33-35-56-54(37-43)50-28-15-16-31-55(50)60(56,45-22-9-3-10-23-45)46-24-11-4-12-25-46/h1-39H. The maximum atomic E-state index is 5.22. The zero-order chi connectivity index (χ0) is 40.3. The van der Waals surface area contributed by atoms with Crippen molar-refractivity contribution in [2.24, 2.45) is 0 Å². The van der Waals surface area contributed by atoms with Gasteiger partial charge in [-0.25, -0.2) is 4.98 Å². The van der Waals surface area contributed by atoms with Crippen molar-refractivity contribution in [3.8, 4) is 55.9 Å². The van der Waals surface area contributed by atoms with Gasteiger partial charge in [0.2, 0.25) is 0 Å². The van der Waals surface area contributed by atoms with Crippen molar-refractivity contribution in [3.05, 3.63) is 259 Å². The Morgan fingerprint density at radius 1 is 0.262 bits per heavy atom. The Morgan fingerprint density at radius 2 is 0.738 bits per heavy atom. The molecule has 0 unspecified atom stereocenters. The predicted octanol–water partition coefficient (Wildman–Crippen LogP) is 15.6. The lowest BCUT2D eigenvalue weighted by Gasteiger charge is -2.33. The molecule has 10 aromatic carbocycles. The molecular formula is C60H39N. The summed E-state index contributed by atoms with van der Waals surface area (Å²) < 4.78 is 0. The first kappa shape index (κ1) is 35.1. The quantitative estimate of drug-likeness (QED) is 0.153. The summed E-state index contributed by atoms with van der Waals surface area (Å²) in [5.74, 6) is 0. The Balaban J connectivity index is 1.08. The molecule has 0 fully saturated rings. The molecule has 0 aliphatic heterocycles. The molecule has 0 bridgehead atoms. The van der Waals surface area contributed by atoms with Crippen LogP contribution in [0.15, 0.2) is 237 Å². The van der Waals surface area contributed by atoms with Crippen molar-refractivity contribution in [1.29, 1.82) is 0 Å². The number of nitrogens with zero attached hydrogens (tertiary/aromatic N) is 1. The van der Waals surface area contributed by atoms with Crippen LogP contribution < -0.4 is 0 Å². The third-order valence-electron chi connectivity index (χ3n) is 12.9. The summed E-state index contributed by atoms with van der Waals surface area (Å²) in [5, 5.41) is 7.50. The minimum absolute atomic E-state index is 0.421. The molecular weight excluding hydrogens is 735 g/mol. The van der Waals surface area contributed by atoms with Crippen LogP contribution in [0.2, 0.25) is 0 Å². The highest BCUT2D eigenvalue weighted by atomic mass is 14.7. The highest BCUT2D eigenvalue weighted by molar-refractivity contribution is 6.29. The molecule has 1 nitrogen and oxygen atoms in total. The van der Waals surface area contributed by atoms with Gasteiger partial charge in [-0.2, -0.15) is 0 Å². The highest BCUT2D eigenvalue weighted by Crippen LogP contribution is 2.56. The van der Waals surface area contributed by atoms with Gasteiger partial charge in [0.15, 0.2) is 0 Å². The molecule has 0 saturated heterocycles. The van der Waals surface area contributed by atoms with Gasteiger partial charge in [0.25, 0.3) is 0 Å². The number of benzene rings is 10. The van der Waals surface area contributed by atoms with Crippen molar-refractivity contribution in [3.63, 3.8) is 0 Å². The summed E-state index contributed by atoms with van der Waals surface area (Å²) >= 11 is 0. The highest BCUT2D eigenvalue weighted by Gasteiger charge is 2.45. The first-order valence-electron chi connectivity index (χ1n) is 21.1. The Bertz CT molecular complexity index is 3350. The van der Waals surface area contributed by atoms with Crippen LogP contribution in [0, 0.1) is 0 Å². The number of pyridine rings is 1. The van der Waals surface area contributed by atoms with Crippen LogP contribution in [0.1, 0.15) is 22.3 Å². The van der Waals surface area contributed by atoms with Crippen molar-refractivity contribution in [1.82, 2.24) is 4.98 Å². The van der Waals surface area contributed by atoms with Crippen LogP contribution in [0.3, 0.4) is 0 Å². The Kier molecular flexibility index (Phi) is 8.15. The van der Waals surface area contributed by atoms with E-state index in [1.165, 1.54) is 82.4 Å². The fourth-order valence-electron chi connectivity index (χ4n) is 10.3. The lowest BCUT2D eigenvalue weighted by molar-refractivity contribution is 0.768. The molecule has 0 amide bonds. The van der Waals surface area contributed by atoms with Gasteiger partial charge in [0, 0.05) is 11.1 Å². The zero-order valence-electron chi connectivity index (χ0n) is 33.5. The van der Waals surface area contributed by atoms with Gasteiger partial charge in [-0.05, 0) is 112 Å². The molecule has 0 radical (unpaired) electrons. The second-order valence-corrected chi connectivity index (χ2v) is 16.2. The van der Waals surface area contributed by atoms with Gasteiger partial charge >= 0.3 is 0 Å². The second-order valence-electron chi connectivity index (χ2n) is 16.2. The fourth-order valence-corrected chi connectivity index (χ4v) is 10.3. The number of aromatic nitrogens is 1. The third-order valence-corrected chi connectivity index (χ3v) is 12.9. The molecule has 1 aliphatic carbocycles. The van der Waals surface area contributed by atoms with Crippen LogP contribution in [0.5, 0.6) is 0 Å². The number of fused-ring (bicyclic) bond motifs is 9. The molecule has 1 heterocycles. The maximum Gasteiger partial charge on any atom is 0.0715 e. The molecule has 0 atom stereocenters. The van der Waals surface area contributed by atoms with E-state index in [1.807, 2.05) is 0 Å². The molecule has 12 rings (SSSR count). The minimum Gasteiger partial charge on any atom is -0.248 e. The SMILES string of the molecule is c1ccc(-c2cc(-c3cccc4c5ccccc5c5cc(-c6ccc7c(c6)-c6ccccc6C7(c6ccccc6)c6ccccc6)ccc5c34)cc(-c3ccccc3)n2)cc1. The van der Waals surface area contributed by atoms with Gasteiger partial charge in [0.05, 0.1) is 16.8 Å². The van der Waals surface area contributed by atoms with Crippen molar-refractivity contribution >= 4 is 32.3 Å². The smallest absolute Gasteiger partial charge is 0.0715 e. The molecule has 0 N–H and O–H groups in total. The predicted molar refractivity (Wildman–Crippen MR) is 256 cm³/mol. The summed E-state index contributed by atoms with van der Waals surface area (Å²) in [7, 11) is 0. The molecule has 11 aromatic rings. The van der Waals surface area contributed by atoms with Crippen LogP contribution in [-0.4, -0.2) is 4.98 Å². The van der Waals surface area contributed by atoms with Gasteiger partial charge in [-0.1, -0.05) is 212 Å². The molecule has 1 heteroatoms. The van der Waals surface area contributed by atoms with E-state index in [2.05, 4.69) is 237 Å². The van der Waals surface area contributed by atoms with Crippen LogP contribution >= 0.6 is 0 Å². The summed E-state index contributed by atoms with van der Waals surface area (Å²) in [6.07, 6.45) is 0. The molecule has 61 heavy (non-hydrogen) atoms. The number of rotatable bonds is 6. The Hall–Kier alpha value is -7.87. The summed E-state index contributed by atoms with van der Waals surface area (Å²) in [4.78, 5) is 5.22. The van der Waals surface area contributed by atoms with E-state index < -0.39 is 5.41 Å². The monoisotopic (exact) mass is 773 g/mol. The fraction of sp³-hybridized carbons (Fsp3) is 0.0167. The van der Waals surface area contributed by atoms with Crippen molar-refractivity contribution in [2.75, 3.05) is 0 Å². The molecule has 1 aromatic heterocycles. The molecule has 1 aliphatic rings. The summed E-state index contributed by atoms with van der Waals surface area (Å²) in [5.41, 5.74) is 16.2.